The minimum atomic E-state index is -4.68. The van der Waals surface area contributed by atoms with Crippen molar-refractivity contribution < 1.29 is 22.7 Å². The Morgan fingerprint density at radius 1 is 1.50 bits per heavy atom. The van der Waals surface area contributed by atoms with Crippen LogP contribution >= 0.6 is 0 Å². The monoisotopic (exact) mass is 263 g/mol. The average Bonchev–Trinajstić information content (AvgIpc) is 2.28. The van der Waals surface area contributed by atoms with Crippen molar-refractivity contribution in [1.82, 2.24) is 9.97 Å². The summed E-state index contributed by atoms with van der Waals surface area (Å²) in [4.78, 5) is 17.9. The number of nitrogens with zero attached hydrogens (tertiary/aromatic N) is 2. The summed E-state index contributed by atoms with van der Waals surface area (Å²) in [6.45, 7) is 1.99. The van der Waals surface area contributed by atoms with E-state index < -0.39 is 23.5 Å². The van der Waals surface area contributed by atoms with Gasteiger partial charge in [0.15, 0.2) is 17.2 Å². The van der Waals surface area contributed by atoms with Crippen LogP contribution in [0.15, 0.2) is 6.20 Å². The van der Waals surface area contributed by atoms with Crippen molar-refractivity contribution in [2.45, 2.75) is 25.9 Å². The summed E-state index contributed by atoms with van der Waals surface area (Å²) in [5.74, 6) is -1.39. The summed E-state index contributed by atoms with van der Waals surface area (Å²) in [7, 11) is 0. The third kappa shape index (κ3) is 3.57. The number of alkyl halides is 3. The molecule has 0 unspecified atom stereocenters. The summed E-state index contributed by atoms with van der Waals surface area (Å²) >= 11 is 0. The van der Waals surface area contributed by atoms with Gasteiger partial charge in [-0.1, -0.05) is 13.3 Å². The molecule has 0 saturated heterocycles. The van der Waals surface area contributed by atoms with Crippen molar-refractivity contribution >= 4 is 11.8 Å². The molecule has 100 valence electrons. The zero-order valence-corrected chi connectivity index (χ0v) is 9.62. The van der Waals surface area contributed by atoms with Gasteiger partial charge >= 0.3 is 12.1 Å². The third-order valence-corrected chi connectivity index (χ3v) is 2.02. The number of nitrogen functional groups attached to an aromatic ring is 1. The fourth-order valence-electron chi connectivity index (χ4n) is 1.06. The highest BCUT2D eigenvalue weighted by Crippen LogP contribution is 2.27. The fourth-order valence-corrected chi connectivity index (χ4v) is 1.06. The number of esters is 1. The van der Waals surface area contributed by atoms with Gasteiger partial charge in [0.2, 0.25) is 0 Å². The van der Waals surface area contributed by atoms with Crippen LogP contribution in [0.3, 0.4) is 0 Å². The van der Waals surface area contributed by atoms with Crippen LogP contribution in [0.5, 0.6) is 0 Å². The maximum absolute atomic E-state index is 12.4. The molecule has 0 aliphatic carbocycles. The number of nitrogens with two attached hydrogens (primary N) is 1. The molecule has 1 aromatic rings. The molecule has 8 heteroatoms. The Labute approximate surface area is 101 Å². The van der Waals surface area contributed by atoms with E-state index in [2.05, 4.69) is 9.97 Å². The molecule has 1 heterocycles. The highest BCUT2D eigenvalue weighted by molar-refractivity contribution is 5.91. The SMILES string of the molecule is CCCCOC(=O)c1nc(C(F)(F)F)cnc1N. The number of carbonyl (C=O) groups is 1. The molecule has 5 nitrogen and oxygen atoms in total. The summed E-state index contributed by atoms with van der Waals surface area (Å²) < 4.78 is 41.9. The van der Waals surface area contributed by atoms with E-state index in [9.17, 15) is 18.0 Å². The Morgan fingerprint density at radius 2 is 2.17 bits per heavy atom. The number of halogens is 3. The molecule has 0 atom stereocenters. The molecule has 0 fully saturated rings. The number of carbonyl (C=O) groups excluding carboxylic acids is 1. The minimum absolute atomic E-state index is 0.104. The van der Waals surface area contributed by atoms with Crippen molar-refractivity contribution in [2.24, 2.45) is 0 Å². The lowest BCUT2D eigenvalue weighted by Gasteiger charge is -2.09. The van der Waals surface area contributed by atoms with Crippen molar-refractivity contribution in [1.29, 1.82) is 0 Å². The van der Waals surface area contributed by atoms with Crippen LogP contribution < -0.4 is 5.73 Å². The number of hydrogen-bond donors (Lipinski definition) is 1. The zero-order chi connectivity index (χ0) is 13.8. The second-order valence-corrected chi connectivity index (χ2v) is 3.48. The van der Waals surface area contributed by atoms with Crippen molar-refractivity contribution in [3.8, 4) is 0 Å². The van der Waals surface area contributed by atoms with Gasteiger partial charge in [-0.15, -0.1) is 0 Å². The highest BCUT2D eigenvalue weighted by Gasteiger charge is 2.34. The lowest BCUT2D eigenvalue weighted by atomic mass is 10.3. The molecule has 0 radical (unpaired) electrons. The van der Waals surface area contributed by atoms with Crippen molar-refractivity contribution in [3.05, 3.63) is 17.6 Å². The molecule has 2 N–H and O–H groups in total. The second kappa shape index (κ2) is 5.65. The summed E-state index contributed by atoms with van der Waals surface area (Å²) in [6, 6.07) is 0. The largest absolute Gasteiger partial charge is 0.461 e. The van der Waals surface area contributed by atoms with Crippen molar-refractivity contribution in [3.63, 3.8) is 0 Å². The van der Waals surface area contributed by atoms with E-state index >= 15 is 0 Å². The first kappa shape index (κ1) is 14.2. The Hall–Kier alpha value is -1.86. The molecule has 1 aromatic heterocycles. The van der Waals surface area contributed by atoms with Crippen LogP contribution in [-0.2, 0) is 10.9 Å². The fraction of sp³-hybridized carbons (Fsp3) is 0.500. The van der Waals surface area contributed by atoms with Gasteiger partial charge in [0.25, 0.3) is 0 Å². The number of aromatic nitrogens is 2. The number of anilines is 1. The van der Waals surface area contributed by atoms with Gasteiger partial charge in [0.05, 0.1) is 12.8 Å². The number of rotatable bonds is 4. The zero-order valence-electron chi connectivity index (χ0n) is 9.62. The van der Waals surface area contributed by atoms with E-state index in [4.69, 9.17) is 10.5 Å². The molecule has 0 aliphatic heterocycles. The van der Waals surface area contributed by atoms with Crippen LogP contribution in [0.2, 0.25) is 0 Å². The smallest absolute Gasteiger partial charge is 0.434 e. The topological polar surface area (TPSA) is 78.1 Å². The molecule has 0 amide bonds. The lowest BCUT2D eigenvalue weighted by molar-refractivity contribution is -0.141. The van der Waals surface area contributed by atoms with Gasteiger partial charge in [0, 0.05) is 0 Å². The minimum Gasteiger partial charge on any atom is -0.461 e. The van der Waals surface area contributed by atoms with Crippen LogP contribution in [-0.4, -0.2) is 22.5 Å². The first-order valence-corrected chi connectivity index (χ1v) is 5.23. The predicted octanol–water partition coefficient (Wildman–Crippen LogP) is 2.03. The van der Waals surface area contributed by atoms with Gasteiger partial charge in [-0.3, -0.25) is 0 Å². The van der Waals surface area contributed by atoms with E-state index in [0.29, 0.717) is 12.6 Å². The second-order valence-electron chi connectivity index (χ2n) is 3.48. The molecule has 0 aromatic carbocycles. The number of hydrogen-bond acceptors (Lipinski definition) is 5. The average molecular weight is 263 g/mol. The van der Waals surface area contributed by atoms with Crippen LogP contribution in [0.25, 0.3) is 0 Å². The summed E-state index contributed by atoms with van der Waals surface area (Å²) in [5.41, 5.74) is 3.41. The van der Waals surface area contributed by atoms with E-state index in [-0.39, 0.29) is 12.4 Å². The third-order valence-electron chi connectivity index (χ3n) is 2.02. The maximum Gasteiger partial charge on any atom is 0.434 e. The Kier molecular flexibility index (Phi) is 4.46. The van der Waals surface area contributed by atoms with E-state index in [1.54, 1.807) is 0 Å². The maximum atomic E-state index is 12.4. The summed E-state index contributed by atoms with van der Waals surface area (Å²) in [6.07, 6.45) is -2.81. The standard InChI is InChI=1S/C10H12F3N3O2/c1-2-3-4-18-9(17)7-8(14)15-5-6(16-7)10(11,12)13/h5H,2-4H2,1H3,(H2,14,15). The van der Waals surface area contributed by atoms with Crippen LogP contribution in [0, 0.1) is 0 Å². The van der Waals surface area contributed by atoms with E-state index in [1.807, 2.05) is 6.92 Å². The molecule has 0 bridgehead atoms. The van der Waals surface area contributed by atoms with Gasteiger partial charge in [-0.05, 0) is 6.42 Å². The quantitative estimate of drug-likeness (QED) is 0.664. The number of unbranched alkanes of at least 4 members (excludes halogenated alkanes) is 1. The van der Waals surface area contributed by atoms with Gasteiger partial charge in [-0.2, -0.15) is 13.2 Å². The number of ether oxygens (including phenoxy) is 1. The van der Waals surface area contributed by atoms with Gasteiger partial charge in [0.1, 0.15) is 0 Å². The molecular weight excluding hydrogens is 251 g/mol. The van der Waals surface area contributed by atoms with Crippen LogP contribution in [0.4, 0.5) is 19.0 Å². The van der Waals surface area contributed by atoms with E-state index in [1.165, 1.54) is 0 Å². The Balaban J connectivity index is 2.90. The molecule has 0 aliphatic rings. The lowest BCUT2D eigenvalue weighted by Crippen LogP contribution is -2.17. The first-order chi connectivity index (χ1) is 8.36. The molecule has 0 spiro atoms. The Bertz CT molecular complexity index is 435. The first-order valence-electron chi connectivity index (χ1n) is 5.23. The van der Waals surface area contributed by atoms with Crippen molar-refractivity contribution in [2.75, 3.05) is 12.3 Å². The summed E-state index contributed by atoms with van der Waals surface area (Å²) in [5, 5.41) is 0. The molecule has 0 saturated carbocycles. The normalized spacial score (nSPS) is 11.3. The molecule has 18 heavy (non-hydrogen) atoms. The van der Waals surface area contributed by atoms with E-state index in [0.717, 1.165) is 6.42 Å². The van der Waals surface area contributed by atoms with Gasteiger partial charge in [-0.25, -0.2) is 14.8 Å². The molecule has 1 rings (SSSR count). The molecular formula is C10H12F3N3O2. The van der Waals surface area contributed by atoms with Crippen LogP contribution in [0.1, 0.15) is 35.9 Å². The Morgan fingerprint density at radius 3 is 2.72 bits per heavy atom. The van der Waals surface area contributed by atoms with Gasteiger partial charge < -0.3 is 10.5 Å². The highest BCUT2D eigenvalue weighted by atomic mass is 19.4. The predicted molar refractivity (Wildman–Crippen MR) is 56.6 cm³/mol.